The second-order valence-electron chi connectivity index (χ2n) is 34.0. The third kappa shape index (κ3) is 13.4. The van der Waals surface area contributed by atoms with Crippen molar-refractivity contribution in [2.45, 2.75) is 128 Å². The second-order valence-corrected chi connectivity index (χ2v) is 34.0. The average molecular weight is 1680 g/mol. The van der Waals surface area contributed by atoms with Gasteiger partial charge in [-0.1, -0.05) is 119 Å². The summed E-state index contributed by atoms with van der Waals surface area (Å²) in [4.78, 5) is 86.4. The highest BCUT2D eigenvalue weighted by Crippen LogP contribution is 2.60. The lowest BCUT2D eigenvalue weighted by atomic mass is 9.81. The molecule has 6 aliphatic carbocycles. The zero-order valence-corrected chi connectivity index (χ0v) is 67.9. The molecule has 21 nitrogen and oxygen atoms in total. The van der Waals surface area contributed by atoms with Crippen LogP contribution in [0.15, 0.2) is 172 Å². The lowest BCUT2D eigenvalue weighted by Crippen LogP contribution is -2.63. The molecular weight excluding hydrogens is 1590 g/mol. The van der Waals surface area contributed by atoms with Crippen LogP contribution in [0.25, 0.3) is 12.2 Å². The number of hydrogen-bond donors (Lipinski definition) is 1. The molecule has 27 heteroatoms. The van der Waals surface area contributed by atoms with Gasteiger partial charge in [-0.25, -0.2) is 26.3 Å². The Morgan fingerprint density at radius 1 is 0.415 bits per heavy atom. The number of carbonyl (C=O) groups is 3. The minimum atomic E-state index is -1.01. The normalized spacial score (nSPS) is 21.9. The first-order chi connectivity index (χ1) is 59.2. The molecule has 0 spiro atoms. The number of carbonyl (C=O) groups excluding carboxylic acids is 3. The molecule has 3 saturated heterocycles. The Hall–Kier alpha value is -11.7. The van der Waals surface area contributed by atoms with Gasteiger partial charge in [0, 0.05) is 102 Å². The van der Waals surface area contributed by atoms with Crippen molar-refractivity contribution in [2.24, 2.45) is 23.7 Å². The van der Waals surface area contributed by atoms with Crippen LogP contribution in [0.4, 0.5) is 26.3 Å². The predicted octanol–water partition coefficient (Wildman–Crippen LogP) is 13.9. The quantitative estimate of drug-likeness (QED) is 0.0665. The van der Waals surface area contributed by atoms with Crippen LogP contribution in [0.3, 0.4) is 0 Å². The van der Waals surface area contributed by atoms with E-state index < -0.39 is 68.6 Å². The summed E-state index contributed by atoms with van der Waals surface area (Å²) in [5.41, 5.74) is 7.72. The summed E-state index contributed by atoms with van der Waals surface area (Å²) in [6.45, 7) is 10.4. The summed E-state index contributed by atoms with van der Waals surface area (Å²) in [7, 11) is 0. The topological polar surface area (TPSA) is 203 Å². The van der Waals surface area contributed by atoms with Crippen molar-refractivity contribution < 1.29 is 69.5 Å². The Morgan fingerprint density at radius 2 is 0.821 bits per heavy atom. The van der Waals surface area contributed by atoms with Crippen molar-refractivity contribution in [3.63, 3.8) is 0 Å². The van der Waals surface area contributed by atoms with Gasteiger partial charge in [-0.2, -0.15) is 0 Å². The van der Waals surface area contributed by atoms with E-state index in [0.29, 0.717) is 126 Å². The van der Waals surface area contributed by atoms with Crippen molar-refractivity contribution in [3.8, 4) is 17.2 Å². The number of hydrogen-bond acceptors (Lipinski definition) is 15. The summed E-state index contributed by atoms with van der Waals surface area (Å²) in [6, 6.07) is 35.6. The van der Waals surface area contributed by atoms with Gasteiger partial charge in [0.1, 0.15) is 36.6 Å². The van der Waals surface area contributed by atoms with Crippen LogP contribution in [-0.2, 0) is 56.5 Å². The standard InChI is InChI=1S/2C33H33F2N3O4.C29H27F2N3O4.CH4/c2*1-2-3-12-42-31-29(39)8-11-37-30(31)32(40)36(19-21-9-13-41-14-10-21)20-38(37)33-24(15-22-6-4-5-7-25(22)33)16-23-17-27(34)28(35)18-26(23)33;30-23-13-19-12-20-11-18-3-1-2-4-21(18)29(20,22(19)14-24(23)31)34-16-32(15-17-6-9-38-10-7-17)28(37)26-27(36)25(35)5-8-33(26)34;/h4-8,11,16-18,21H,2-3,9-10,12-15,19-20H2,1H3;4-8,11,15,17-18,21H,2-3,9-10,12-14,16,19-20H2,1H3;1-5,8,13-14,17,20,36H,6-7,9-12,15-16H2;1H4. The number of benzene rings is 6. The van der Waals surface area contributed by atoms with Crippen molar-refractivity contribution in [1.29, 1.82) is 0 Å². The molecule has 21 rings (SSSR count). The van der Waals surface area contributed by atoms with Gasteiger partial charge >= 0.3 is 0 Å². The number of halogens is 6. The predicted molar refractivity (Wildman–Crippen MR) is 449 cm³/mol. The highest BCUT2D eigenvalue weighted by molar-refractivity contribution is 5.98. The molecular formula is C96H97F6N9O12. The summed E-state index contributed by atoms with van der Waals surface area (Å²) >= 11 is 0. The first-order valence-electron chi connectivity index (χ1n) is 42.6. The molecule has 6 aromatic carbocycles. The molecule has 123 heavy (non-hydrogen) atoms. The first kappa shape index (κ1) is 82.3. The van der Waals surface area contributed by atoms with Crippen LogP contribution < -0.4 is 40.8 Å². The molecule has 0 radical (unpaired) electrons. The molecule has 6 aliphatic heterocycles. The van der Waals surface area contributed by atoms with E-state index >= 15 is 8.78 Å². The number of fused-ring (bicyclic) bond motifs is 18. The van der Waals surface area contributed by atoms with Gasteiger partial charge < -0.3 is 43.5 Å². The van der Waals surface area contributed by atoms with E-state index in [9.17, 15) is 51.4 Å². The molecule has 4 atom stereocenters. The molecule has 12 aliphatic rings. The third-order valence-electron chi connectivity index (χ3n) is 27.1. The number of pyridine rings is 3. The van der Waals surface area contributed by atoms with E-state index in [-0.39, 0.29) is 102 Å². The Labute approximate surface area is 707 Å². The minimum absolute atomic E-state index is 0. The van der Waals surface area contributed by atoms with Crippen LogP contribution in [0.2, 0.25) is 0 Å². The summed E-state index contributed by atoms with van der Waals surface area (Å²) in [5, 5.41) is 16.9. The smallest absolute Gasteiger partial charge is 0.277 e. The minimum Gasteiger partial charge on any atom is -0.502 e. The molecule has 0 bridgehead atoms. The maximum atomic E-state index is 15.0. The zero-order chi connectivity index (χ0) is 84.2. The Morgan fingerprint density at radius 3 is 1.37 bits per heavy atom. The summed E-state index contributed by atoms with van der Waals surface area (Å²) < 4.78 is 122. The number of nitrogens with zero attached hydrogens (tertiary/aromatic N) is 9. The number of rotatable bonds is 17. The molecule has 3 aromatic heterocycles. The SMILES string of the molecule is C.CCCCOc1c2n(ccc1=O)N(C13C(=Cc4cc(F)c(F)cc41)Cc1ccccc13)CN(CC1CCOCC1)C2=O.CCCCOc1c2n(ccc1=O)N(C13C(=Cc4ccccc41)Cc1cc(F)c(F)cc13)CN(CC1CCOCC1)C2=O.O=C1c2c(O)c(=O)ccn2N(C23c4ccccc4CC2Cc2cc(F)c(F)cc23)CN1CC1CCOCC1. The fourth-order valence-electron chi connectivity index (χ4n) is 21.4. The van der Waals surface area contributed by atoms with Gasteiger partial charge in [0.25, 0.3) is 17.7 Å². The largest absolute Gasteiger partial charge is 0.502 e. The van der Waals surface area contributed by atoms with Gasteiger partial charge in [0.05, 0.1) is 13.2 Å². The van der Waals surface area contributed by atoms with Crippen molar-refractivity contribution in [1.82, 2.24) is 28.7 Å². The zero-order valence-electron chi connectivity index (χ0n) is 67.9. The van der Waals surface area contributed by atoms with E-state index in [1.165, 1.54) is 60.8 Å². The van der Waals surface area contributed by atoms with Gasteiger partial charge in [0.2, 0.25) is 16.3 Å². The third-order valence-corrected chi connectivity index (χ3v) is 27.1. The molecule has 640 valence electrons. The summed E-state index contributed by atoms with van der Waals surface area (Å²) in [5.74, 6) is -6.38. The van der Waals surface area contributed by atoms with Crippen LogP contribution in [-0.4, -0.2) is 144 Å². The molecule has 4 unspecified atom stereocenters. The highest BCUT2D eigenvalue weighted by atomic mass is 19.2. The lowest BCUT2D eigenvalue weighted by molar-refractivity contribution is 0.0384. The van der Waals surface area contributed by atoms with E-state index in [1.54, 1.807) is 41.1 Å². The molecule has 3 amide bonds. The van der Waals surface area contributed by atoms with Crippen LogP contribution in [0.5, 0.6) is 17.2 Å². The number of ether oxygens (including phenoxy) is 5. The maximum Gasteiger partial charge on any atom is 0.277 e. The fourth-order valence-corrected chi connectivity index (χ4v) is 21.4. The van der Waals surface area contributed by atoms with Crippen LogP contribution >= 0.6 is 0 Å². The second kappa shape index (κ2) is 32.9. The summed E-state index contributed by atoms with van der Waals surface area (Å²) in [6.07, 6.45) is 19.2. The number of unbranched alkanes of at least 4 members (excludes halogenated alkanes) is 2. The first-order valence-corrected chi connectivity index (χ1v) is 42.6. The van der Waals surface area contributed by atoms with E-state index in [0.717, 1.165) is 114 Å². The fraction of sp³-hybridized carbons (Fsp3) is 0.396. The van der Waals surface area contributed by atoms with Gasteiger partial charge in [-0.05, 0) is 209 Å². The average Bonchev–Trinajstić information content (AvgIpc) is 1.54. The Balaban J connectivity index is 0.000000125. The van der Waals surface area contributed by atoms with Gasteiger partial charge in [-0.15, -0.1) is 0 Å². The van der Waals surface area contributed by atoms with Gasteiger partial charge in [0.15, 0.2) is 69.2 Å². The molecule has 9 heterocycles. The number of aromatic nitrogens is 3. The van der Waals surface area contributed by atoms with Crippen molar-refractivity contribution >= 4 is 29.9 Å². The van der Waals surface area contributed by atoms with E-state index in [4.69, 9.17) is 23.7 Å². The monoisotopic (exact) mass is 1680 g/mol. The molecule has 0 saturated carbocycles. The van der Waals surface area contributed by atoms with Crippen molar-refractivity contribution in [3.05, 3.63) is 307 Å². The van der Waals surface area contributed by atoms with Crippen LogP contribution in [0.1, 0.15) is 184 Å². The number of aromatic hydroxyl groups is 1. The molecule has 3 fully saturated rings. The number of amides is 3. The molecule has 1 N–H and O–H groups in total. The van der Waals surface area contributed by atoms with E-state index in [1.807, 2.05) is 102 Å². The Bertz CT molecular complexity index is 5880. The van der Waals surface area contributed by atoms with E-state index in [2.05, 4.69) is 12.1 Å². The van der Waals surface area contributed by atoms with Gasteiger partial charge in [-0.3, -0.25) is 57.8 Å². The van der Waals surface area contributed by atoms with Crippen LogP contribution in [0, 0.1) is 58.6 Å². The molecule has 9 aromatic rings. The Kier molecular flexibility index (Phi) is 22.0. The highest BCUT2D eigenvalue weighted by Gasteiger charge is 2.61. The van der Waals surface area contributed by atoms with Crippen molar-refractivity contribution in [2.75, 3.05) is 108 Å². The maximum absolute atomic E-state index is 15.0. The lowest BCUT2D eigenvalue weighted by Gasteiger charge is -2.51.